The van der Waals surface area contributed by atoms with Gasteiger partial charge in [0.25, 0.3) is 0 Å². The van der Waals surface area contributed by atoms with Crippen LogP contribution in [0.1, 0.15) is 17.0 Å². The van der Waals surface area contributed by atoms with Crippen LogP contribution in [0.2, 0.25) is 0 Å². The van der Waals surface area contributed by atoms with Crippen LogP contribution in [0.4, 0.5) is 13.2 Å². The number of hydrogen-bond acceptors (Lipinski definition) is 3. The van der Waals surface area contributed by atoms with Crippen molar-refractivity contribution >= 4 is 11.6 Å². The second-order valence-corrected chi connectivity index (χ2v) is 5.67. The Labute approximate surface area is 141 Å². The lowest BCUT2D eigenvalue weighted by Gasteiger charge is -2.16. The highest BCUT2D eigenvalue weighted by Gasteiger charge is 2.30. The summed E-state index contributed by atoms with van der Waals surface area (Å²) in [6.45, 7) is 0.255. The van der Waals surface area contributed by atoms with Crippen LogP contribution in [-0.4, -0.2) is 32.5 Å². The van der Waals surface area contributed by atoms with E-state index in [4.69, 9.17) is 0 Å². The van der Waals surface area contributed by atoms with Crippen LogP contribution >= 0.6 is 0 Å². The smallest absolute Gasteiger partial charge is 0.338 e. The molecule has 0 fully saturated rings. The molecule has 130 valence electrons. The first-order valence-corrected chi connectivity index (χ1v) is 7.53. The van der Waals surface area contributed by atoms with Crippen molar-refractivity contribution in [3.8, 4) is 0 Å². The maximum Gasteiger partial charge on any atom is 0.416 e. The third kappa shape index (κ3) is 3.78. The minimum Gasteiger partial charge on any atom is -0.338 e. The van der Waals surface area contributed by atoms with E-state index in [1.807, 2.05) is 12.1 Å². The van der Waals surface area contributed by atoms with E-state index in [2.05, 4.69) is 10.2 Å². The van der Waals surface area contributed by atoms with Crippen LogP contribution in [0.3, 0.4) is 0 Å². The number of rotatable bonds is 4. The summed E-state index contributed by atoms with van der Waals surface area (Å²) in [7, 11) is 1.62. The van der Waals surface area contributed by atoms with Crippen molar-refractivity contribution in [1.29, 1.82) is 0 Å². The number of carbonyl (C=O) groups is 1. The molecule has 0 aliphatic carbocycles. The Morgan fingerprint density at radius 2 is 1.84 bits per heavy atom. The van der Waals surface area contributed by atoms with Gasteiger partial charge in [-0.25, -0.2) is 0 Å². The van der Waals surface area contributed by atoms with Crippen molar-refractivity contribution in [3.63, 3.8) is 0 Å². The van der Waals surface area contributed by atoms with Gasteiger partial charge in [0.15, 0.2) is 11.5 Å². The molecule has 0 aliphatic rings. The number of nitrogens with zero attached hydrogens (tertiary/aromatic N) is 4. The Balaban J connectivity index is 1.66. The van der Waals surface area contributed by atoms with Gasteiger partial charge in [0.05, 0.1) is 18.5 Å². The second kappa shape index (κ2) is 6.54. The van der Waals surface area contributed by atoms with E-state index in [0.29, 0.717) is 17.0 Å². The lowest BCUT2D eigenvalue weighted by Crippen LogP contribution is -2.28. The third-order valence-corrected chi connectivity index (χ3v) is 3.83. The van der Waals surface area contributed by atoms with Gasteiger partial charge in [-0.05, 0) is 29.8 Å². The molecule has 0 saturated heterocycles. The Hall–Kier alpha value is -2.90. The number of aromatic nitrogens is 3. The highest BCUT2D eigenvalue weighted by atomic mass is 19.4. The van der Waals surface area contributed by atoms with Crippen LogP contribution in [-0.2, 0) is 23.9 Å². The molecule has 0 atom stereocenters. The Morgan fingerprint density at radius 1 is 1.12 bits per heavy atom. The van der Waals surface area contributed by atoms with Gasteiger partial charge in [-0.2, -0.15) is 13.2 Å². The molecule has 5 nitrogen and oxygen atoms in total. The molecular formula is C17H15F3N4O. The molecule has 25 heavy (non-hydrogen) atoms. The summed E-state index contributed by atoms with van der Waals surface area (Å²) in [5, 5.41) is 8.07. The van der Waals surface area contributed by atoms with Gasteiger partial charge in [0, 0.05) is 13.2 Å². The first-order chi connectivity index (χ1) is 11.8. The van der Waals surface area contributed by atoms with Gasteiger partial charge in [-0.1, -0.05) is 18.2 Å². The van der Waals surface area contributed by atoms with Gasteiger partial charge in [0.1, 0.15) is 0 Å². The van der Waals surface area contributed by atoms with Crippen LogP contribution in [0.5, 0.6) is 0 Å². The van der Waals surface area contributed by atoms with Crippen LogP contribution in [0.25, 0.3) is 5.65 Å². The summed E-state index contributed by atoms with van der Waals surface area (Å²) in [4.78, 5) is 13.8. The first-order valence-electron chi connectivity index (χ1n) is 7.53. The fourth-order valence-electron chi connectivity index (χ4n) is 2.42. The molecule has 0 aliphatic heterocycles. The summed E-state index contributed by atoms with van der Waals surface area (Å²) in [5.41, 5.74) is 0.476. The van der Waals surface area contributed by atoms with E-state index in [0.717, 1.165) is 12.1 Å². The largest absolute Gasteiger partial charge is 0.416 e. The summed E-state index contributed by atoms with van der Waals surface area (Å²) in [5.74, 6) is 0.395. The minimum absolute atomic E-state index is 0.0192. The summed E-state index contributed by atoms with van der Waals surface area (Å²) >= 11 is 0. The number of amides is 1. The summed E-state index contributed by atoms with van der Waals surface area (Å²) < 4.78 is 39.5. The van der Waals surface area contributed by atoms with Crippen molar-refractivity contribution < 1.29 is 18.0 Å². The van der Waals surface area contributed by atoms with E-state index < -0.39 is 11.7 Å². The number of halogens is 3. The molecule has 0 N–H and O–H groups in total. The zero-order valence-electron chi connectivity index (χ0n) is 13.4. The molecule has 0 unspecified atom stereocenters. The molecule has 0 bridgehead atoms. The summed E-state index contributed by atoms with van der Waals surface area (Å²) in [6.07, 6.45) is -2.56. The van der Waals surface area contributed by atoms with Gasteiger partial charge >= 0.3 is 6.18 Å². The van der Waals surface area contributed by atoms with Crippen molar-refractivity contribution in [1.82, 2.24) is 19.5 Å². The normalized spacial score (nSPS) is 11.7. The molecule has 1 amide bonds. The number of pyridine rings is 1. The quantitative estimate of drug-likeness (QED) is 0.728. The lowest BCUT2D eigenvalue weighted by molar-refractivity contribution is -0.137. The highest BCUT2D eigenvalue weighted by Crippen LogP contribution is 2.29. The van der Waals surface area contributed by atoms with Crippen LogP contribution in [0.15, 0.2) is 48.7 Å². The van der Waals surface area contributed by atoms with Crippen molar-refractivity contribution in [2.24, 2.45) is 0 Å². The van der Waals surface area contributed by atoms with Gasteiger partial charge in [0.2, 0.25) is 5.91 Å². The molecule has 1 aromatic carbocycles. The molecule has 8 heteroatoms. The van der Waals surface area contributed by atoms with Crippen LogP contribution in [0, 0.1) is 0 Å². The Bertz CT molecular complexity index is 887. The summed E-state index contributed by atoms with van der Waals surface area (Å²) in [6, 6.07) is 10.1. The highest BCUT2D eigenvalue weighted by molar-refractivity contribution is 5.78. The number of likely N-dealkylation sites (N-methyl/N-ethyl adjacent to an activating group) is 1. The molecule has 0 radical (unpaired) electrons. The van der Waals surface area contributed by atoms with E-state index in [9.17, 15) is 18.0 Å². The monoisotopic (exact) mass is 348 g/mol. The number of hydrogen-bond donors (Lipinski definition) is 0. The van der Waals surface area contributed by atoms with Crippen molar-refractivity contribution in [3.05, 3.63) is 65.6 Å². The molecular weight excluding hydrogens is 333 g/mol. The molecule has 2 heterocycles. The predicted octanol–water partition coefficient (Wildman–Crippen LogP) is 2.95. The molecule has 3 rings (SSSR count). The maximum absolute atomic E-state index is 12.6. The number of fused-ring (bicyclic) bond motifs is 1. The average Bonchev–Trinajstić information content (AvgIpc) is 2.97. The van der Waals surface area contributed by atoms with Gasteiger partial charge in [-0.15, -0.1) is 10.2 Å². The Kier molecular flexibility index (Phi) is 4.43. The topological polar surface area (TPSA) is 50.5 Å². The van der Waals surface area contributed by atoms with Crippen molar-refractivity contribution in [2.45, 2.75) is 19.1 Å². The standard InChI is InChI=1S/C17H15F3N4O/c1-23(11-15-22-21-14-4-2-3-9-24(14)15)16(25)10-12-5-7-13(8-6-12)17(18,19)20/h2-9H,10-11H2,1H3. The number of carbonyl (C=O) groups excluding carboxylic acids is 1. The average molecular weight is 348 g/mol. The van der Waals surface area contributed by atoms with E-state index in [1.54, 1.807) is 23.7 Å². The molecule has 2 aromatic heterocycles. The molecule has 0 spiro atoms. The van der Waals surface area contributed by atoms with E-state index in [-0.39, 0.29) is 18.9 Å². The Morgan fingerprint density at radius 3 is 2.52 bits per heavy atom. The van der Waals surface area contributed by atoms with Crippen molar-refractivity contribution in [2.75, 3.05) is 7.05 Å². The predicted molar refractivity (Wildman–Crippen MR) is 84.6 cm³/mol. The van der Waals surface area contributed by atoms with E-state index in [1.165, 1.54) is 17.0 Å². The third-order valence-electron chi connectivity index (χ3n) is 3.83. The van der Waals surface area contributed by atoms with Crippen LogP contribution < -0.4 is 0 Å². The minimum atomic E-state index is -4.38. The van der Waals surface area contributed by atoms with E-state index >= 15 is 0 Å². The molecule has 3 aromatic rings. The van der Waals surface area contributed by atoms with Gasteiger partial charge in [-0.3, -0.25) is 9.20 Å². The molecule has 0 saturated carbocycles. The maximum atomic E-state index is 12.6. The fourth-order valence-corrected chi connectivity index (χ4v) is 2.42. The second-order valence-electron chi connectivity index (χ2n) is 5.67. The first kappa shape index (κ1) is 16.9. The fraction of sp³-hybridized carbons (Fsp3) is 0.235. The zero-order valence-corrected chi connectivity index (χ0v) is 13.4. The number of benzene rings is 1. The number of alkyl halides is 3. The zero-order chi connectivity index (χ0) is 18.0. The van der Waals surface area contributed by atoms with Gasteiger partial charge < -0.3 is 4.90 Å². The SMILES string of the molecule is CN(Cc1nnc2ccccn12)C(=O)Cc1ccc(C(F)(F)F)cc1. The lowest BCUT2D eigenvalue weighted by atomic mass is 10.1.